The van der Waals surface area contributed by atoms with Crippen molar-refractivity contribution in [2.75, 3.05) is 26.8 Å². The molecule has 0 saturated heterocycles. The average Bonchev–Trinajstić information content (AvgIpc) is 2.96. The molecule has 1 aliphatic rings. The van der Waals surface area contributed by atoms with Crippen LogP contribution >= 0.6 is 0 Å². The second kappa shape index (κ2) is 8.05. The first-order valence-corrected chi connectivity index (χ1v) is 7.36. The van der Waals surface area contributed by atoms with Crippen LogP contribution in [0.3, 0.4) is 0 Å². The molecule has 0 radical (unpaired) electrons. The van der Waals surface area contributed by atoms with E-state index in [1.807, 2.05) is 24.3 Å². The van der Waals surface area contributed by atoms with Gasteiger partial charge in [0.05, 0.1) is 7.11 Å². The number of benzene rings is 1. The monoisotopic (exact) mass is 263 g/mol. The lowest BCUT2D eigenvalue weighted by Gasteiger charge is -2.10. The summed E-state index contributed by atoms with van der Waals surface area (Å²) in [7, 11) is 1.67. The smallest absolute Gasteiger partial charge is 0.119 e. The number of hydrogen-bond acceptors (Lipinski definition) is 3. The molecule has 0 aliphatic heterocycles. The van der Waals surface area contributed by atoms with Gasteiger partial charge < -0.3 is 14.8 Å². The molecule has 1 aromatic rings. The Hall–Kier alpha value is -1.22. The van der Waals surface area contributed by atoms with Gasteiger partial charge in [-0.15, -0.1) is 0 Å². The van der Waals surface area contributed by atoms with Crippen LogP contribution in [0, 0.1) is 5.92 Å². The van der Waals surface area contributed by atoms with Crippen molar-refractivity contribution in [2.24, 2.45) is 5.92 Å². The molecule has 1 saturated carbocycles. The molecule has 1 aromatic carbocycles. The quantitative estimate of drug-likeness (QED) is 0.730. The SMILES string of the molecule is COc1ccc(OCCNCCC2CCCC2)cc1. The van der Waals surface area contributed by atoms with E-state index in [4.69, 9.17) is 9.47 Å². The first-order valence-electron chi connectivity index (χ1n) is 7.36. The predicted octanol–water partition coefficient (Wildman–Crippen LogP) is 3.24. The molecule has 0 heterocycles. The molecule has 0 atom stereocenters. The van der Waals surface area contributed by atoms with Crippen molar-refractivity contribution >= 4 is 0 Å². The van der Waals surface area contributed by atoms with E-state index in [9.17, 15) is 0 Å². The van der Waals surface area contributed by atoms with Crippen LogP contribution in [0.25, 0.3) is 0 Å². The molecule has 0 spiro atoms. The molecule has 1 N–H and O–H groups in total. The van der Waals surface area contributed by atoms with Crippen LogP contribution in [0.2, 0.25) is 0 Å². The van der Waals surface area contributed by atoms with Gasteiger partial charge in [0.2, 0.25) is 0 Å². The zero-order valence-corrected chi connectivity index (χ0v) is 11.9. The van der Waals surface area contributed by atoms with Gasteiger partial charge in [-0.25, -0.2) is 0 Å². The Bertz CT molecular complexity index is 344. The van der Waals surface area contributed by atoms with Crippen molar-refractivity contribution < 1.29 is 9.47 Å². The van der Waals surface area contributed by atoms with Gasteiger partial charge in [0, 0.05) is 6.54 Å². The zero-order valence-electron chi connectivity index (χ0n) is 11.9. The largest absolute Gasteiger partial charge is 0.497 e. The first-order chi connectivity index (χ1) is 9.38. The van der Waals surface area contributed by atoms with E-state index in [-0.39, 0.29) is 0 Å². The van der Waals surface area contributed by atoms with Gasteiger partial charge in [0.1, 0.15) is 18.1 Å². The lowest BCUT2D eigenvalue weighted by molar-refractivity contribution is 0.310. The summed E-state index contributed by atoms with van der Waals surface area (Å²) < 4.78 is 10.8. The minimum absolute atomic E-state index is 0.719. The van der Waals surface area contributed by atoms with Gasteiger partial charge in [-0.1, -0.05) is 25.7 Å². The Morgan fingerprint density at radius 3 is 2.42 bits per heavy atom. The Balaban J connectivity index is 1.51. The highest BCUT2D eigenvalue weighted by Gasteiger charge is 2.13. The molecule has 0 amide bonds. The summed E-state index contributed by atoms with van der Waals surface area (Å²) in [6.07, 6.45) is 7.06. The van der Waals surface area contributed by atoms with Crippen molar-refractivity contribution in [3.63, 3.8) is 0 Å². The lowest BCUT2D eigenvalue weighted by atomic mass is 10.0. The first kappa shape index (κ1) is 14.2. The van der Waals surface area contributed by atoms with Gasteiger partial charge in [-0.05, 0) is 43.1 Å². The van der Waals surface area contributed by atoms with Crippen molar-refractivity contribution in [1.82, 2.24) is 5.32 Å². The highest BCUT2D eigenvalue weighted by Crippen LogP contribution is 2.26. The predicted molar refractivity (Wildman–Crippen MR) is 77.9 cm³/mol. The normalized spacial score (nSPS) is 15.6. The van der Waals surface area contributed by atoms with Crippen LogP contribution in [-0.4, -0.2) is 26.8 Å². The van der Waals surface area contributed by atoms with Crippen LogP contribution in [-0.2, 0) is 0 Å². The molecule has 0 bridgehead atoms. The maximum atomic E-state index is 5.66. The van der Waals surface area contributed by atoms with Crippen LogP contribution in [0.5, 0.6) is 11.5 Å². The fourth-order valence-corrected chi connectivity index (χ4v) is 2.64. The molecule has 1 fully saturated rings. The highest BCUT2D eigenvalue weighted by molar-refractivity contribution is 5.31. The molecular weight excluding hydrogens is 238 g/mol. The van der Waals surface area contributed by atoms with E-state index < -0.39 is 0 Å². The van der Waals surface area contributed by atoms with Crippen LogP contribution in [0.4, 0.5) is 0 Å². The maximum Gasteiger partial charge on any atom is 0.119 e. The zero-order chi connectivity index (χ0) is 13.3. The molecule has 0 aromatic heterocycles. The van der Waals surface area contributed by atoms with Crippen molar-refractivity contribution in [2.45, 2.75) is 32.1 Å². The average molecular weight is 263 g/mol. The number of nitrogens with one attached hydrogen (secondary N) is 1. The number of hydrogen-bond donors (Lipinski definition) is 1. The molecule has 1 aliphatic carbocycles. The van der Waals surface area contributed by atoms with Crippen LogP contribution in [0.15, 0.2) is 24.3 Å². The molecule has 3 heteroatoms. The van der Waals surface area contributed by atoms with Gasteiger partial charge in [-0.3, -0.25) is 0 Å². The van der Waals surface area contributed by atoms with Gasteiger partial charge in [0.15, 0.2) is 0 Å². The van der Waals surface area contributed by atoms with E-state index in [0.717, 1.165) is 37.1 Å². The van der Waals surface area contributed by atoms with E-state index in [0.29, 0.717) is 0 Å². The minimum Gasteiger partial charge on any atom is -0.497 e. The topological polar surface area (TPSA) is 30.5 Å². The van der Waals surface area contributed by atoms with E-state index >= 15 is 0 Å². The fourth-order valence-electron chi connectivity index (χ4n) is 2.64. The van der Waals surface area contributed by atoms with E-state index in [1.165, 1.54) is 32.1 Å². The summed E-state index contributed by atoms with van der Waals surface area (Å²) in [6, 6.07) is 7.72. The van der Waals surface area contributed by atoms with E-state index in [1.54, 1.807) is 7.11 Å². The standard InChI is InChI=1S/C16H25NO2/c1-18-15-6-8-16(9-7-15)19-13-12-17-11-10-14-4-2-3-5-14/h6-9,14,17H,2-5,10-13H2,1H3. The van der Waals surface area contributed by atoms with Crippen molar-refractivity contribution in [3.05, 3.63) is 24.3 Å². The molecule has 0 unspecified atom stereocenters. The number of methoxy groups -OCH3 is 1. The summed E-state index contributed by atoms with van der Waals surface area (Å²) >= 11 is 0. The molecule has 19 heavy (non-hydrogen) atoms. The number of ether oxygens (including phenoxy) is 2. The molecule has 106 valence electrons. The lowest BCUT2D eigenvalue weighted by Crippen LogP contribution is -2.23. The van der Waals surface area contributed by atoms with Gasteiger partial charge in [0.25, 0.3) is 0 Å². The summed E-state index contributed by atoms with van der Waals surface area (Å²) in [5.41, 5.74) is 0. The second-order valence-electron chi connectivity index (χ2n) is 5.21. The van der Waals surface area contributed by atoms with E-state index in [2.05, 4.69) is 5.32 Å². The Kier molecular flexibility index (Phi) is 6.02. The molecule has 2 rings (SSSR count). The minimum atomic E-state index is 0.719. The summed E-state index contributed by atoms with van der Waals surface area (Å²) in [5, 5.41) is 3.46. The van der Waals surface area contributed by atoms with Crippen molar-refractivity contribution in [1.29, 1.82) is 0 Å². The van der Waals surface area contributed by atoms with Crippen LogP contribution < -0.4 is 14.8 Å². The molecule has 3 nitrogen and oxygen atoms in total. The second-order valence-corrected chi connectivity index (χ2v) is 5.21. The summed E-state index contributed by atoms with van der Waals surface area (Å²) in [6.45, 7) is 2.76. The van der Waals surface area contributed by atoms with Crippen molar-refractivity contribution in [3.8, 4) is 11.5 Å². The van der Waals surface area contributed by atoms with Crippen LogP contribution in [0.1, 0.15) is 32.1 Å². The Morgan fingerprint density at radius 2 is 1.74 bits per heavy atom. The number of rotatable bonds is 8. The third-order valence-electron chi connectivity index (χ3n) is 3.81. The summed E-state index contributed by atoms with van der Waals surface area (Å²) in [5.74, 6) is 2.73. The highest BCUT2D eigenvalue weighted by atomic mass is 16.5. The third kappa shape index (κ3) is 5.11. The maximum absolute atomic E-state index is 5.66. The van der Waals surface area contributed by atoms with Gasteiger partial charge in [-0.2, -0.15) is 0 Å². The molecular formula is C16H25NO2. The Morgan fingerprint density at radius 1 is 1.05 bits per heavy atom. The summed E-state index contributed by atoms with van der Waals surface area (Å²) in [4.78, 5) is 0. The van der Waals surface area contributed by atoms with Gasteiger partial charge >= 0.3 is 0 Å². The Labute approximate surface area is 116 Å². The fraction of sp³-hybridized carbons (Fsp3) is 0.625. The third-order valence-corrected chi connectivity index (χ3v) is 3.81.